The average molecular weight is 386 g/mol. The van der Waals surface area contributed by atoms with Gasteiger partial charge in [-0.05, 0) is 54.5 Å². The molecule has 1 fully saturated rings. The van der Waals surface area contributed by atoms with Gasteiger partial charge in [-0.2, -0.15) is 0 Å². The molecular weight excluding hydrogens is 358 g/mol. The van der Waals surface area contributed by atoms with Crippen molar-refractivity contribution in [2.24, 2.45) is 0 Å². The Morgan fingerprint density at radius 2 is 1.70 bits per heavy atom. The van der Waals surface area contributed by atoms with E-state index in [1.807, 2.05) is 31.2 Å². The molecule has 0 unspecified atom stereocenters. The van der Waals surface area contributed by atoms with Gasteiger partial charge in [-0.3, -0.25) is 4.90 Å². The minimum atomic E-state index is 0.608. The molecule has 3 rings (SSSR count). The van der Waals surface area contributed by atoms with Crippen LogP contribution in [0.3, 0.4) is 0 Å². The van der Waals surface area contributed by atoms with Crippen LogP contribution in [-0.2, 0) is 17.8 Å². The molecule has 0 bridgehead atoms. The average Bonchev–Trinajstić information content (AvgIpc) is 2.70. The fourth-order valence-corrected chi connectivity index (χ4v) is 3.13. The molecule has 144 valence electrons. The van der Waals surface area contributed by atoms with Gasteiger partial charge in [0.25, 0.3) is 0 Å². The number of ether oxygens (including phenoxy) is 2. The largest absolute Gasteiger partial charge is 0.494 e. The lowest BCUT2D eigenvalue weighted by Crippen LogP contribution is -2.35. The summed E-state index contributed by atoms with van der Waals surface area (Å²) in [5, 5.41) is 7.05. The molecule has 0 spiro atoms. The Kier molecular flexibility index (Phi) is 7.45. The zero-order chi connectivity index (χ0) is 18.9. The summed E-state index contributed by atoms with van der Waals surface area (Å²) in [5.74, 6) is 0.860. The molecule has 2 aromatic carbocycles. The van der Waals surface area contributed by atoms with Crippen LogP contribution in [0.15, 0.2) is 48.5 Å². The van der Waals surface area contributed by atoms with Crippen molar-refractivity contribution >= 4 is 23.0 Å². The number of nitrogens with zero attached hydrogens (tertiary/aromatic N) is 1. The van der Waals surface area contributed by atoms with Crippen molar-refractivity contribution in [3.8, 4) is 5.75 Å². The van der Waals surface area contributed by atoms with Crippen molar-refractivity contribution < 1.29 is 9.47 Å². The second kappa shape index (κ2) is 10.3. The number of rotatable bonds is 7. The molecule has 27 heavy (non-hydrogen) atoms. The standard InChI is InChI=1S/C21H27N3O2S/c1-2-26-20-9-7-19(8-10-20)23-21(27)22-15-17-3-5-18(6-4-17)16-24-11-13-25-14-12-24/h3-10H,2,11-16H2,1H3,(H2,22,23,27). The molecular formula is C21H27N3O2S. The van der Waals surface area contributed by atoms with Gasteiger partial charge in [0, 0.05) is 31.9 Å². The van der Waals surface area contributed by atoms with Gasteiger partial charge in [0.15, 0.2) is 5.11 Å². The van der Waals surface area contributed by atoms with Crippen molar-refractivity contribution in [1.29, 1.82) is 0 Å². The van der Waals surface area contributed by atoms with Crippen molar-refractivity contribution in [1.82, 2.24) is 10.2 Å². The second-order valence-electron chi connectivity index (χ2n) is 6.47. The molecule has 6 heteroatoms. The van der Waals surface area contributed by atoms with Gasteiger partial charge in [-0.15, -0.1) is 0 Å². The molecule has 0 amide bonds. The van der Waals surface area contributed by atoms with E-state index in [0.29, 0.717) is 18.3 Å². The molecule has 2 N–H and O–H groups in total. The number of morpholine rings is 1. The first kappa shape index (κ1) is 19.6. The maximum absolute atomic E-state index is 5.44. The van der Waals surface area contributed by atoms with Crippen LogP contribution < -0.4 is 15.4 Å². The number of anilines is 1. The van der Waals surface area contributed by atoms with Crippen molar-refractivity contribution in [2.45, 2.75) is 20.0 Å². The van der Waals surface area contributed by atoms with E-state index in [0.717, 1.165) is 44.3 Å². The van der Waals surface area contributed by atoms with Crippen LogP contribution in [0.25, 0.3) is 0 Å². The second-order valence-corrected chi connectivity index (χ2v) is 6.88. The lowest BCUT2D eigenvalue weighted by Gasteiger charge is -2.26. The minimum absolute atomic E-state index is 0.608. The number of nitrogens with one attached hydrogen (secondary N) is 2. The van der Waals surface area contributed by atoms with E-state index in [1.165, 1.54) is 11.1 Å². The van der Waals surface area contributed by atoms with Crippen molar-refractivity contribution in [3.63, 3.8) is 0 Å². The zero-order valence-electron chi connectivity index (χ0n) is 15.7. The van der Waals surface area contributed by atoms with Crippen molar-refractivity contribution in [2.75, 3.05) is 38.2 Å². The normalized spacial score (nSPS) is 14.6. The third kappa shape index (κ3) is 6.50. The summed E-state index contributed by atoms with van der Waals surface area (Å²) in [6, 6.07) is 16.5. The minimum Gasteiger partial charge on any atom is -0.494 e. The van der Waals surface area contributed by atoms with Gasteiger partial charge in [-0.25, -0.2) is 0 Å². The number of thiocarbonyl (C=S) groups is 1. The summed E-state index contributed by atoms with van der Waals surface area (Å²) in [6.07, 6.45) is 0. The molecule has 1 heterocycles. The van der Waals surface area contributed by atoms with Crippen molar-refractivity contribution in [3.05, 3.63) is 59.7 Å². The lowest BCUT2D eigenvalue weighted by atomic mass is 10.1. The van der Waals surface area contributed by atoms with Gasteiger partial charge in [-0.1, -0.05) is 24.3 Å². The molecule has 0 saturated carbocycles. The lowest BCUT2D eigenvalue weighted by molar-refractivity contribution is 0.0342. The van der Waals surface area contributed by atoms with Crippen LogP contribution in [0.5, 0.6) is 5.75 Å². The first-order valence-corrected chi connectivity index (χ1v) is 9.79. The highest BCUT2D eigenvalue weighted by molar-refractivity contribution is 7.80. The summed E-state index contributed by atoms with van der Waals surface area (Å²) in [4.78, 5) is 2.42. The Hall–Kier alpha value is -2.15. The Bertz CT molecular complexity index is 713. The molecule has 0 atom stereocenters. The molecule has 0 aromatic heterocycles. The molecule has 0 aliphatic carbocycles. The fraction of sp³-hybridized carbons (Fsp3) is 0.381. The molecule has 1 aliphatic heterocycles. The fourth-order valence-electron chi connectivity index (χ4n) is 2.94. The van der Waals surface area contributed by atoms with Gasteiger partial charge in [0.1, 0.15) is 5.75 Å². The summed E-state index contributed by atoms with van der Waals surface area (Å²) < 4.78 is 10.8. The van der Waals surface area contributed by atoms with E-state index in [1.54, 1.807) is 0 Å². The summed E-state index contributed by atoms with van der Waals surface area (Å²) >= 11 is 5.38. The smallest absolute Gasteiger partial charge is 0.171 e. The number of hydrogen-bond acceptors (Lipinski definition) is 4. The first-order chi connectivity index (χ1) is 13.2. The van der Waals surface area contributed by atoms with Gasteiger partial charge in [0.05, 0.1) is 19.8 Å². The Morgan fingerprint density at radius 3 is 2.37 bits per heavy atom. The van der Waals surface area contributed by atoms with Gasteiger partial charge < -0.3 is 20.1 Å². The number of hydrogen-bond donors (Lipinski definition) is 2. The maximum Gasteiger partial charge on any atom is 0.171 e. The van der Waals surface area contributed by atoms with E-state index in [9.17, 15) is 0 Å². The summed E-state index contributed by atoms with van der Waals surface area (Å²) in [6.45, 7) is 8.00. The Labute approximate surface area is 166 Å². The van der Waals surface area contributed by atoms with E-state index in [-0.39, 0.29) is 0 Å². The monoisotopic (exact) mass is 385 g/mol. The third-order valence-electron chi connectivity index (χ3n) is 4.41. The predicted molar refractivity (Wildman–Crippen MR) is 113 cm³/mol. The SMILES string of the molecule is CCOc1ccc(NC(=S)NCc2ccc(CN3CCOCC3)cc2)cc1. The molecule has 2 aromatic rings. The van der Waals surface area contributed by atoms with E-state index >= 15 is 0 Å². The highest BCUT2D eigenvalue weighted by Gasteiger charge is 2.10. The quantitative estimate of drug-likeness (QED) is 0.713. The van der Waals surface area contributed by atoms with Gasteiger partial charge in [0.2, 0.25) is 0 Å². The summed E-state index contributed by atoms with van der Waals surface area (Å²) in [5.41, 5.74) is 3.48. The van der Waals surface area contributed by atoms with E-state index < -0.39 is 0 Å². The van der Waals surface area contributed by atoms with Crippen LogP contribution in [0, 0.1) is 0 Å². The maximum atomic E-state index is 5.44. The van der Waals surface area contributed by atoms with Gasteiger partial charge >= 0.3 is 0 Å². The van der Waals surface area contributed by atoms with E-state index in [4.69, 9.17) is 21.7 Å². The Morgan fingerprint density at radius 1 is 1.04 bits per heavy atom. The zero-order valence-corrected chi connectivity index (χ0v) is 16.6. The molecule has 1 aliphatic rings. The highest BCUT2D eigenvalue weighted by atomic mass is 32.1. The molecule has 5 nitrogen and oxygen atoms in total. The predicted octanol–water partition coefficient (Wildman–Crippen LogP) is 3.40. The van der Waals surface area contributed by atoms with Crippen LogP contribution >= 0.6 is 12.2 Å². The van der Waals surface area contributed by atoms with Crippen LogP contribution in [0.2, 0.25) is 0 Å². The summed E-state index contributed by atoms with van der Waals surface area (Å²) in [7, 11) is 0. The van der Waals surface area contributed by atoms with E-state index in [2.05, 4.69) is 39.8 Å². The highest BCUT2D eigenvalue weighted by Crippen LogP contribution is 2.15. The molecule has 1 saturated heterocycles. The third-order valence-corrected chi connectivity index (χ3v) is 4.66. The first-order valence-electron chi connectivity index (χ1n) is 9.38. The van der Waals surface area contributed by atoms with Crippen LogP contribution in [0.4, 0.5) is 5.69 Å². The van der Waals surface area contributed by atoms with Crippen LogP contribution in [0.1, 0.15) is 18.1 Å². The topological polar surface area (TPSA) is 45.8 Å². The van der Waals surface area contributed by atoms with Crippen LogP contribution in [-0.4, -0.2) is 42.9 Å². The number of benzene rings is 2. The Balaban J connectivity index is 1.42. The molecule has 0 radical (unpaired) electrons.